The van der Waals surface area contributed by atoms with Crippen molar-refractivity contribution in [1.29, 1.82) is 0 Å². The number of hydrogen-bond donors (Lipinski definition) is 3. The van der Waals surface area contributed by atoms with Gasteiger partial charge in [0.25, 0.3) is 0 Å². The van der Waals surface area contributed by atoms with Gasteiger partial charge in [0.15, 0.2) is 0 Å². The van der Waals surface area contributed by atoms with E-state index in [2.05, 4.69) is 5.32 Å². The quantitative estimate of drug-likeness (QED) is 0.755. The number of amides is 1. The number of halogens is 1. The minimum Gasteiger partial charge on any atom is -0.480 e. The van der Waals surface area contributed by atoms with Gasteiger partial charge in [-0.05, 0) is 17.2 Å². The molecule has 0 spiro atoms. The largest absolute Gasteiger partial charge is 0.480 e. The Morgan fingerprint density at radius 3 is 2.30 bits per heavy atom. The van der Waals surface area contributed by atoms with Gasteiger partial charge in [0.05, 0.1) is 0 Å². The Balaban J connectivity index is 2.09. The van der Waals surface area contributed by atoms with Crippen molar-refractivity contribution in [3.8, 4) is 0 Å². The van der Waals surface area contributed by atoms with E-state index in [9.17, 15) is 19.1 Å². The van der Waals surface area contributed by atoms with E-state index in [-0.39, 0.29) is 12.0 Å². The maximum absolute atomic E-state index is 13.6. The molecule has 0 aliphatic heterocycles. The summed E-state index contributed by atoms with van der Waals surface area (Å²) in [5, 5.41) is 11.6. The maximum atomic E-state index is 13.6. The zero-order valence-electron chi connectivity index (χ0n) is 12.3. The monoisotopic (exact) mass is 316 g/mol. The molecule has 2 rings (SSSR count). The van der Waals surface area contributed by atoms with Gasteiger partial charge >= 0.3 is 5.97 Å². The molecule has 2 atom stereocenters. The minimum absolute atomic E-state index is 0.157. The Labute approximate surface area is 132 Å². The summed E-state index contributed by atoms with van der Waals surface area (Å²) in [4.78, 5) is 23.5. The van der Waals surface area contributed by atoms with Crippen molar-refractivity contribution >= 4 is 11.9 Å². The number of carboxylic acids is 1. The number of carbonyl (C=O) groups is 2. The van der Waals surface area contributed by atoms with Crippen molar-refractivity contribution in [2.45, 2.75) is 18.5 Å². The van der Waals surface area contributed by atoms with Crippen molar-refractivity contribution in [1.82, 2.24) is 5.32 Å². The lowest BCUT2D eigenvalue weighted by Gasteiger charge is -2.18. The standard InChI is InChI=1S/C17H17FN2O3/c18-13-9-5-4-8-12(13)10-14(17(22)23)20-16(21)15(19)11-6-2-1-3-7-11/h1-9,14-15H,10,19H2,(H,20,21)(H,22,23)/t14?,15-/m0/s1. The first kappa shape index (κ1) is 16.6. The van der Waals surface area contributed by atoms with Crippen molar-refractivity contribution in [3.05, 3.63) is 71.5 Å². The van der Waals surface area contributed by atoms with Crippen LogP contribution in [0.3, 0.4) is 0 Å². The highest BCUT2D eigenvalue weighted by atomic mass is 19.1. The van der Waals surface area contributed by atoms with Crippen LogP contribution in [0.25, 0.3) is 0 Å². The number of rotatable bonds is 6. The highest BCUT2D eigenvalue weighted by Crippen LogP contribution is 2.12. The third-order valence-electron chi connectivity index (χ3n) is 3.44. The van der Waals surface area contributed by atoms with Gasteiger partial charge in [-0.1, -0.05) is 48.5 Å². The third kappa shape index (κ3) is 4.37. The fraction of sp³-hybridized carbons (Fsp3) is 0.176. The average molecular weight is 316 g/mol. The first-order valence-corrected chi connectivity index (χ1v) is 7.06. The van der Waals surface area contributed by atoms with E-state index in [0.29, 0.717) is 5.56 Å². The first-order valence-electron chi connectivity index (χ1n) is 7.06. The minimum atomic E-state index is -1.26. The number of benzene rings is 2. The molecule has 6 heteroatoms. The molecule has 1 amide bonds. The summed E-state index contributed by atoms with van der Waals surface area (Å²) < 4.78 is 13.6. The van der Waals surface area contributed by atoms with Crippen molar-refractivity contribution < 1.29 is 19.1 Å². The molecule has 2 aromatic rings. The van der Waals surface area contributed by atoms with E-state index in [0.717, 1.165) is 0 Å². The lowest BCUT2D eigenvalue weighted by atomic mass is 10.0. The third-order valence-corrected chi connectivity index (χ3v) is 3.44. The van der Waals surface area contributed by atoms with Crippen LogP contribution in [0.5, 0.6) is 0 Å². The lowest BCUT2D eigenvalue weighted by Crippen LogP contribution is -2.46. The molecule has 0 saturated heterocycles. The second-order valence-electron chi connectivity index (χ2n) is 5.08. The van der Waals surface area contributed by atoms with E-state index >= 15 is 0 Å². The molecule has 23 heavy (non-hydrogen) atoms. The van der Waals surface area contributed by atoms with Crippen LogP contribution in [-0.4, -0.2) is 23.0 Å². The van der Waals surface area contributed by atoms with E-state index in [1.54, 1.807) is 36.4 Å². The predicted octanol–water partition coefficient (Wildman–Crippen LogP) is 1.64. The molecule has 0 aromatic heterocycles. The topological polar surface area (TPSA) is 92.4 Å². The van der Waals surface area contributed by atoms with E-state index in [4.69, 9.17) is 5.73 Å². The molecule has 0 radical (unpaired) electrons. The maximum Gasteiger partial charge on any atom is 0.326 e. The number of nitrogens with two attached hydrogens (primary N) is 1. The number of hydrogen-bond acceptors (Lipinski definition) is 3. The summed E-state index contributed by atoms with van der Waals surface area (Å²) in [5.74, 6) is -2.39. The number of aliphatic carboxylic acids is 1. The predicted molar refractivity (Wildman–Crippen MR) is 83.0 cm³/mol. The van der Waals surface area contributed by atoms with Crippen LogP contribution in [0.15, 0.2) is 54.6 Å². The molecular formula is C17H17FN2O3. The molecule has 2 aromatic carbocycles. The molecule has 4 N–H and O–H groups in total. The van der Waals surface area contributed by atoms with Crippen molar-refractivity contribution in [2.75, 3.05) is 0 Å². The van der Waals surface area contributed by atoms with Crippen LogP contribution in [-0.2, 0) is 16.0 Å². The van der Waals surface area contributed by atoms with Gasteiger partial charge in [-0.3, -0.25) is 4.79 Å². The summed E-state index contributed by atoms with van der Waals surface area (Å²) in [6.07, 6.45) is -0.157. The van der Waals surface area contributed by atoms with Gasteiger partial charge in [-0.2, -0.15) is 0 Å². The summed E-state index contributed by atoms with van der Waals surface area (Å²) in [5.41, 5.74) is 6.62. The Morgan fingerprint density at radius 2 is 1.70 bits per heavy atom. The van der Waals surface area contributed by atoms with E-state index in [1.807, 2.05) is 0 Å². The molecular weight excluding hydrogens is 299 g/mol. The smallest absolute Gasteiger partial charge is 0.326 e. The average Bonchev–Trinajstić information content (AvgIpc) is 2.56. The Bertz CT molecular complexity index is 691. The first-order chi connectivity index (χ1) is 11.0. The summed E-state index contributed by atoms with van der Waals surface area (Å²) >= 11 is 0. The van der Waals surface area contributed by atoms with Gasteiger partial charge in [0, 0.05) is 6.42 Å². The zero-order chi connectivity index (χ0) is 16.8. The Hall–Kier alpha value is -2.73. The summed E-state index contributed by atoms with van der Waals surface area (Å²) in [6, 6.07) is 12.2. The van der Waals surface area contributed by atoms with E-state index < -0.39 is 29.8 Å². The van der Waals surface area contributed by atoms with Crippen LogP contribution >= 0.6 is 0 Å². The van der Waals surface area contributed by atoms with Crippen LogP contribution in [0.1, 0.15) is 17.2 Å². The van der Waals surface area contributed by atoms with Crippen molar-refractivity contribution in [2.24, 2.45) is 5.73 Å². The fourth-order valence-electron chi connectivity index (χ4n) is 2.16. The van der Waals surface area contributed by atoms with Crippen LogP contribution in [0, 0.1) is 5.82 Å². The number of nitrogens with one attached hydrogen (secondary N) is 1. The number of carbonyl (C=O) groups excluding carboxylic acids is 1. The second kappa shape index (κ2) is 7.51. The Kier molecular flexibility index (Phi) is 5.43. The molecule has 120 valence electrons. The van der Waals surface area contributed by atoms with Gasteiger partial charge in [0.1, 0.15) is 17.9 Å². The SMILES string of the molecule is N[C@H](C(=O)NC(Cc1ccccc1F)C(=O)O)c1ccccc1. The molecule has 5 nitrogen and oxygen atoms in total. The zero-order valence-corrected chi connectivity index (χ0v) is 12.3. The summed E-state index contributed by atoms with van der Waals surface area (Å²) in [7, 11) is 0. The van der Waals surface area contributed by atoms with Gasteiger partial charge < -0.3 is 16.2 Å². The van der Waals surface area contributed by atoms with Gasteiger partial charge in [-0.25, -0.2) is 9.18 Å². The normalized spacial score (nSPS) is 13.1. The second-order valence-corrected chi connectivity index (χ2v) is 5.08. The molecule has 0 fully saturated rings. The van der Waals surface area contributed by atoms with Gasteiger partial charge in [-0.15, -0.1) is 0 Å². The van der Waals surface area contributed by atoms with E-state index in [1.165, 1.54) is 18.2 Å². The highest BCUT2D eigenvalue weighted by molar-refractivity contribution is 5.87. The molecule has 0 aliphatic carbocycles. The molecule has 0 heterocycles. The molecule has 0 bridgehead atoms. The van der Waals surface area contributed by atoms with Crippen LogP contribution < -0.4 is 11.1 Å². The molecule has 0 aliphatic rings. The van der Waals surface area contributed by atoms with Crippen molar-refractivity contribution in [3.63, 3.8) is 0 Å². The molecule has 1 unspecified atom stereocenters. The highest BCUT2D eigenvalue weighted by Gasteiger charge is 2.25. The Morgan fingerprint density at radius 1 is 1.09 bits per heavy atom. The van der Waals surface area contributed by atoms with Gasteiger partial charge in [0.2, 0.25) is 5.91 Å². The lowest BCUT2D eigenvalue weighted by molar-refractivity contribution is -0.142. The van der Waals surface area contributed by atoms with Crippen LogP contribution in [0.4, 0.5) is 4.39 Å². The fourth-order valence-corrected chi connectivity index (χ4v) is 2.16. The summed E-state index contributed by atoms with van der Waals surface area (Å²) in [6.45, 7) is 0. The van der Waals surface area contributed by atoms with Crippen LogP contribution in [0.2, 0.25) is 0 Å². The number of carboxylic acid groups (broad SMARTS) is 1. The molecule has 0 saturated carbocycles.